The molecule has 0 atom stereocenters. The Balaban J connectivity index is 1.78. The summed E-state index contributed by atoms with van der Waals surface area (Å²) in [5.41, 5.74) is 0. The minimum atomic E-state index is -3.79. The molecule has 0 saturated carbocycles. The van der Waals surface area contributed by atoms with E-state index in [-0.39, 0.29) is 44.9 Å². The molecule has 2 heterocycles. The Labute approximate surface area is 141 Å². The van der Waals surface area contributed by atoms with Crippen LogP contribution >= 0.6 is 35.0 Å². The number of nitrogens with zero attached hydrogens (tertiary/aromatic N) is 2. The maximum Gasteiger partial charge on any atom is 0.289 e. The molecule has 0 aliphatic carbocycles. The van der Waals surface area contributed by atoms with E-state index in [0.717, 1.165) is 16.7 Å². The summed E-state index contributed by atoms with van der Waals surface area (Å²) in [6.07, 6.45) is 0. The van der Waals surface area contributed by atoms with Gasteiger partial charge in [-0.3, -0.25) is 14.5 Å². The third-order valence-corrected chi connectivity index (χ3v) is 6.87. The number of imide groups is 1. The Morgan fingerprint density at radius 3 is 2.45 bits per heavy atom. The average Bonchev–Trinajstić information content (AvgIpc) is 2.71. The molecule has 2 aliphatic rings. The predicted molar refractivity (Wildman–Crippen MR) is 83.7 cm³/mol. The Kier molecular flexibility index (Phi) is 4.15. The maximum atomic E-state index is 12.5. The molecule has 2 aliphatic heterocycles. The molecule has 1 aromatic rings. The van der Waals surface area contributed by atoms with Crippen LogP contribution in [0.25, 0.3) is 0 Å². The molecule has 0 bridgehead atoms. The number of carbonyl (C=O) groups is 2. The van der Waals surface area contributed by atoms with Gasteiger partial charge in [-0.25, -0.2) is 8.42 Å². The zero-order valence-corrected chi connectivity index (χ0v) is 14.2. The molecule has 1 aromatic carbocycles. The normalized spacial score (nSPS) is 20.5. The fraction of sp³-hybridized carbons (Fsp3) is 0.333. The quantitative estimate of drug-likeness (QED) is 0.801. The summed E-state index contributed by atoms with van der Waals surface area (Å²) in [6.45, 7) is 0.145. The highest BCUT2D eigenvalue weighted by Crippen LogP contribution is 2.33. The van der Waals surface area contributed by atoms with Crippen molar-refractivity contribution >= 4 is 56.1 Å². The number of benzene rings is 1. The second kappa shape index (κ2) is 5.68. The van der Waals surface area contributed by atoms with Crippen LogP contribution in [0, 0.1) is 0 Å². The molecule has 0 aromatic heterocycles. The van der Waals surface area contributed by atoms with Crippen molar-refractivity contribution in [2.24, 2.45) is 0 Å². The average molecular weight is 381 g/mol. The van der Waals surface area contributed by atoms with E-state index < -0.39 is 16.1 Å². The predicted octanol–water partition coefficient (Wildman–Crippen LogP) is 2.06. The maximum absolute atomic E-state index is 12.5. The van der Waals surface area contributed by atoms with Crippen LogP contribution in [0.2, 0.25) is 10.0 Å². The van der Waals surface area contributed by atoms with Crippen molar-refractivity contribution in [1.29, 1.82) is 0 Å². The third-order valence-electron chi connectivity index (χ3n) is 3.49. The molecule has 118 valence electrons. The van der Waals surface area contributed by atoms with Gasteiger partial charge < -0.3 is 0 Å². The topological polar surface area (TPSA) is 74.8 Å². The number of thioether (sulfide) groups is 1. The Bertz CT molecular complexity index is 746. The molecule has 0 spiro atoms. The first-order valence-electron chi connectivity index (χ1n) is 6.24. The number of hydrogen-bond donors (Lipinski definition) is 0. The van der Waals surface area contributed by atoms with Gasteiger partial charge in [0.1, 0.15) is 4.90 Å². The second-order valence-electron chi connectivity index (χ2n) is 4.87. The zero-order chi connectivity index (χ0) is 16.1. The van der Waals surface area contributed by atoms with Crippen LogP contribution in [-0.4, -0.2) is 53.7 Å². The molecule has 2 fully saturated rings. The zero-order valence-electron chi connectivity index (χ0n) is 11.0. The molecule has 2 amide bonds. The molecule has 2 saturated heterocycles. The second-order valence-corrected chi connectivity index (χ2v) is 8.55. The number of hydrogen-bond acceptors (Lipinski definition) is 5. The molecule has 10 heteroatoms. The van der Waals surface area contributed by atoms with Crippen LogP contribution in [0.5, 0.6) is 0 Å². The van der Waals surface area contributed by atoms with E-state index in [1.54, 1.807) is 0 Å². The molecule has 6 nitrogen and oxygen atoms in total. The van der Waals surface area contributed by atoms with Crippen molar-refractivity contribution in [3.8, 4) is 0 Å². The molecule has 3 rings (SSSR count). The fourth-order valence-corrected chi connectivity index (χ4v) is 5.34. The van der Waals surface area contributed by atoms with Gasteiger partial charge in [-0.15, -0.1) is 0 Å². The molecular formula is C12H10Cl2N2O4S2. The lowest BCUT2D eigenvalue weighted by molar-refractivity contribution is -0.127. The van der Waals surface area contributed by atoms with E-state index in [4.69, 9.17) is 23.2 Å². The van der Waals surface area contributed by atoms with Gasteiger partial charge in [0.25, 0.3) is 5.24 Å². The molecule has 0 radical (unpaired) electrons. The highest BCUT2D eigenvalue weighted by atomic mass is 35.5. The smallest absolute Gasteiger partial charge is 0.273 e. The van der Waals surface area contributed by atoms with Crippen LogP contribution in [-0.2, 0) is 14.8 Å². The lowest BCUT2D eigenvalue weighted by Gasteiger charge is -2.41. The van der Waals surface area contributed by atoms with Crippen molar-refractivity contribution in [2.75, 3.05) is 18.8 Å². The lowest BCUT2D eigenvalue weighted by atomic mass is 10.1. The summed E-state index contributed by atoms with van der Waals surface area (Å²) >= 11 is 12.7. The minimum absolute atomic E-state index is 0.0726. The number of carbonyl (C=O) groups excluding carboxylic acids is 2. The van der Waals surface area contributed by atoms with Gasteiger partial charge in [0.15, 0.2) is 0 Å². The highest BCUT2D eigenvalue weighted by molar-refractivity contribution is 8.14. The molecule has 0 unspecified atom stereocenters. The standard InChI is InChI=1S/C12H10Cl2N2O4S2/c13-7-1-2-9(14)10(3-7)22(19,20)15-4-8(5-15)16-11(17)6-21-12(16)18/h1-3,8H,4-6H2. The largest absolute Gasteiger partial charge is 0.289 e. The van der Waals surface area contributed by atoms with E-state index in [1.165, 1.54) is 22.5 Å². The van der Waals surface area contributed by atoms with Crippen molar-refractivity contribution < 1.29 is 18.0 Å². The van der Waals surface area contributed by atoms with Crippen molar-refractivity contribution in [3.63, 3.8) is 0 Å². The van der Waals surface area contributed by atoms with Crippen LogP contribution in [0.4, 0.5) is 4.79 Å². The summed E-state index contributed by atoms with van der Waals surface area (Å²) in [4.78, 5) is 24.3. The molecular weight excluding hydrogens is 371 g/mol. The first-order chi connectivity index (χ1) is 10.3. The SMILES string of the molecule is O=C1CSC(=O)N1C1CN(S(=O)(=O)c2cc(Cl)ccc2Cl)C1. The van der Waals surface area contributed by atoms with Crippen LogP contribution in [0.1, 0.15) is 0 Å². The minimum Gasteiger partial charge on any atom is -0.273 e. The summed E-state index contributed by atoms with van der Waals surface area (Å²) in [5.74, 6) is -0.166. The first kappa shape index (κ1) is 16.1. The fourth-order valence-electron chi connectivity index (χ4n) is 2.31. The van der Waals surface area contributed by atoms with Gasteiger partial charge in [-0.05, 0) is 18.2 Å². The van der Waals surface area contributed by atoms with E-state index in [9.17, 15) is 18.0 Å². The summed E-state index contributed by atoms with van der Waals surface area (Å²) in [5, 5.41) is 0.0194. The monoisotopic (exact) mass is 380 g/mol. The van der Waals surface area contributed by atoms with Crippen molar-refractivity contribution in [3.05, 3.63) is 28.2 Å². The number of rotatable bonds is 3. The summed E-state index contributed by atoms with van der Waals surface area (Å²) < 4.78 is 26.2. The number of halogens is 2. The lowest BCUT2D eigenvalue weighted by Crippen LogP contribution is -2.61. The van der Waals surface area contributed by atoms with Gasteiger partial charge >= 0.3 is 0 Å². The van der Waals surface area contributed by atoms with Gasteiger partial charge in [0.05, 0.1) is 16.8 Å². The van der Waals surface area contributed by atoms with Crippen molar-refractivity contribution in [2.45, 2.75) is 10.9 Å². The Morgan fingerprint density at radius 2 is 1.86 bits per heavy atom. The van der Waals surface area contributed by atoms with E-state index in [1.807, 2.05) is 0 Å². The van der Waals surface area contributed by atoms with Gasteiger partial charge in [0, 0.05) is 18.1 Å². The van der Waals surface area contributed by atoms with E-state index in [2.05, 4.69) is 0 Å². The van der Waals surface area contributed by atoms with Gasteiger partial charge in [-0.1, -0.05) is 35.0 Å². The number of amides is 2. The van der Waals surface area contributed by atoms with E-state index >= 15 is 0 Å². The van der Waals surface area contributed by atoms with Gasteiger partial charge in [0.2, 0.25) is 15.9 Å². The molecule has 22 heavy (non-hydrogen) atoms. The van der Waals surface area contributed by atoms with Crippen LogP contribution in [0.3, 0.4) is 0 Å². The number of sulfonamides is 1. The Hall–Kier alpha value is -0.800. The first-order valence-corrected chi connectivity index (χ1v) is 9.43. The van der Waals surface area contributed by atoms with Crippen molar-refractivity contribution in [1.82, 2.24) is 9.21 Å². The Morgan fingerprint density at radius 1 is 1.18 bits per heavy atom. The van der Waals surface area contributed by atoms with Crippen LogP contribution < -0.4 is 0 Å². The summed E-state index contributed by atoms with van der Waals surface area (Å²) in [7, 11) is -3.79. The van der Waals surface area contributed by atoms with Gasteiger partial charge in [-0.2, -0.15) is 4.31 Å². The third kappa shape index (κ3) is 2.63. The van der Waals surface area contributed by atoms with E-state index in [0.29, 0.717) is 0 Å². The van der Waals surface area contributed by atoms with Crippen LogP contribution in [0.15, 0.2) is 23.1 Å². The summed E-state index contributed by atoms with van der Waals surface area (Å²) in [6, 6.07) is 3.79. The molecule has 0 N–H and O–H groups in total. The highest BCUT2D eigenvalue weighted by Gasteiger charge is 2.46.